The van der Waals surface area contributed by atoms with Gasteiger partial charge in [0.1, 0.15) is 0 Å². The fourth-order valence-electron chi connectivity index (χ4n) is 5.87. The fourth-order valence-corrected chi connectivity index (χ4v) is 7.30. The highest BCUT2D eigenvalue weighted by Crippen LogP contribution is 2.45. The summed E-state index contributed by atoms with van der Waals surface area (Å²) in [7, 11) is -3.97. The van der Waals surface area contributed by atoms with Crippen LogP contribution in [0.5, 0.6) is 0 Å². The maximum Gasteiger partial charge on any atom is 0.274 e. The molecule has 46 heavy (non-hydrogen) atoms. The van der Waals surface area contributed by atoms with Crippen LogP contribution >= 0.6 is 11.6 Å². The van der Waals surface area contributed by atoms with E-state index in [1.165, 1.54) is 77.8 Å². The summed E-state index contributed by atoms with van der Waals surface area (Å²) in [6, 6.07) is 23.0. The number of nitro benzene ring substituents is 2. The molecule has 1 fully saturated rings. The highest BCUT2D eigenvalue weighted by Gasteiger charge is 2.44. The van der Waals surface area contributed by atoms with E-state index < -0.39 is 31.6 Å². The van der Waals surface area contributed by atoms with Gasteiger partial charge in [0.2, 0.25) is 9.84 Å². The number of sulfone groups is 1. The number of nitro groups is 2. The number of allylic oxidation sites excluding steroid dienone is 1. The Morgan fingerprint density at radius 3 is 2.13 bits per heavy atom. The van der Waals surface area contributed by atoms with Gasteiger partial charge in [0.15, 0.2) is 0 Å². The van der Waals surface area contributed by atoms with E-state index in [1.54, 1.807) is 24.3 Å². The van der Waals surface area contributed by atoms with E-state index in [-0.39, 0.29) is 32.6 Å². The summed E-state index contributed by atoms with van der Waals surface area (Å²) < 4.78 is 26.8. The monoisotopic (exact) mass is 656 g/mol. The summed E-state index contributed by atoms with van der Waals surface area (Å²) in [6.45, 7) is 0. The molecule has 0 radical (unpaired) electrons. The molecule has 1 saturated carbocycles. The number of carbonyl (C=O) groups is 1. The Bertz CT molecular complexity index is 2030. The van der Waals surface area contributed by atoms with E-state index >= 15 is 0 Å². The number of carbonyl (C=O) groups excluding carboxylic acids is 1. The normalized spacial score (nSPS) is 18.6. The predicted octanol–water partition coefficient (Wildman–Crippen LogP) is 7.43. The Labute approximate surface area is 268 Å². The Kier molecular flexibility index (Phi) is 8.24. The Balaban J connectivity index is 1.40. The third-order valence-electron chi connectivity index (χ3n) is 8.12. The minimum Gasteiger partial charge on any atom is -0.267 e. The molecule has 4 aromatic carbocycles. The summed E-state index contributed by atoms with van der Waals surface area (Å²) in [5, 5.41) is 29.0. The minimum absolute atomic E-state index is 0.0266. The summed E-state index contributed by atoms with van der Waals surface area (Å²) in [5.41, 5.74) is 2.90. The topological polar surface area (TPSA) is 153 Å². The molecule has 11 nitrogen and oxygen atoms in total. The third-order valence-corrected chi connectivity index (χ3v) is 10.1. The van der Waals surface area contributed by atoms with Crippen molar-refractivity contribution >= 4 is 50.5 Å². The molecule has 4 aromatic rings. The molecule has 232 valence electrons. The minimum atomic E-state index is -3.97. The molecular weight excluding hydrogens is 632 g/mol. The van der Waals surface area contributed by atoms with Gasteiger partial charge >= 0.3 is 0 Å². The second kappa shape index (κ2) is 12.3. The van der Waals surface area contributed by atoms with E-state index in [9.17, 15) is 33.4 Å². The second-order valence-electron chi connectivity index (χ2n) is 10.9. The smallest absolute Gasteiger partial charge is 0.267 e. The summed E-state index contributed by atoms with van der Waals surface area (Å²) in [5.74, 6) is -0.780. The molecule has 13 heteroatoms. The van der Waals surface area contributed by atoms with Gasteiger partial charge in [0.25, 0.3) is 17.3 Å². The van der Waals surface area contributed by atoms with Crippen LogP contribution in [0, 0.1) is 26.1 Å². The molecule has 1 aliphatic carbocycles. The van der Waals surface area contributed by atoms with E-state index in [4.69, 9.17) is 16.7 Å². The number of rotatable bonds is 7. The number of hydrogen-bond acceptors (Lipinski definition) is 8. The second-order valence-corrected chi connectivity index (χ2v) is 13.3. The molecule has 1 amide bonds. The number of hydrogen-bond donors (Lipinski definition) is 0. The van der Waals surface area contributed by atoms with Crippen LogP contribution in [-0.4, -0.2) is 34.9 Å². The van der Waals surface area contributed by atoms with Crippen molar-refractivity contribution < 1.29 is 23.1 Å². The summed E-state index contributed by atoms with van der Waals surface area (Å²) in [4.78, 5) is 35.6. The van der Waals surface area contributed by atoms with E-state index in [0.717, 1.165) is 17.6 Å². The molecule has 2 aliphatic rings. The zero-order valence-electron chi connectivity index (χ0n) is 24.0. The number of benzene rings is 4. The molecule has 2 unspecified atom stereocenters. The van der Waals surface area contributed by atoms with Crippen molar-refractivity contribution in [3.05, 3.63) is 145 Å². The molecular formula is C33H25ClN4O7S. The first kappa shape index (κ1) is 30.8. The highest BCUT2D eigenvalue weighted by molar-refractivity contribution is 7.91. The Morgan fingerprint density at radius 1 is 0.870 bits per heavy atom. The first-order valence-corrected chi connectivity index (χ1v) is 16.1. The van der Waals surface area contributed by atoms with Crippen LogP contribution in [0.15, 0.2) is 118 Å². The van der Waals surface area contributed by atoms with Crippen molar-refractivity contribution in [3.63, 3.8) is 0 Å². The van der Waals surface area contributed by atoms with Crippen molar-refractivity contribution in [1.29, 1.82) is 0 Å². The zero-order chi connectivity index (χ0) is 32.6. The molecule has 2 atom stereocenters. The van der Waals surface area contributed by atoms with Crippen LogP contribution in [0.2, 0.25) is 5.02 Å². The lowest BCUT2D eigenvalue weighted by Crippen LogP contribution is -2.32. The first-order chi connectivity index (χ1) is 22.0. The standard InChI is InChI=1S/C33H25ClN4O7S/c34-25-11-17-28(18-12-25)46(44,45)29-5-1-4-24(20-29)33(39)36-32(22-9-15-27(16-10-22)38(42)43)30-6-2-3-23(31(30)35-36)19-21-7-13-26(14-8-21)37(40)41/h1,4-5,7-20,30,32H,2-3,6H2. The van der Waals surface area contributed by atoms with Crippen LogP contribution in [0.4, 0.5) is 11.4 Å². The maximum absolute atomic E-state index is 14.2. The van der Waals surface area contributed by atoms with Gasteiger partial charge in [-0.1, -0.05) is 29.8 Å². The van der Waals surface area contributed by atoms with Crippen LogP contribution in [0.25, 0.3) is 6.08 Å². The van der Waals surface area contributed by atoms with Gasteiger partial charge in [-0.2, -0.15) is 5.10 Å². The fraction of sp³-hybridized carbons (Fsp3) is 0.152. The Hall–Kier alpha value is -5.20. The third kappa shape index (κ3) is 5.92. The lowest BCUT2D eigenvalue weighted by atomic mass is 9.77. The SMILES string of the molecule is O=C(c1cccc(S(=O)(=O)c2ccc(Cl)cc2)c1)N1N=C2C(=Cc3ccc([N+](=O)[O-])cc3)CCCC2C1c1ccc([N+](=O)[O-])cc1. The predicted molar refractivity (Wildman–Crippen MR) is 171 cm³/mol. The Morgan fingerprint density at radius 2 is 1.50 bits per heavy atom. The average molecular weight is 657 g/mol. The van der Waals surface area contributed by atoms with Gasteiger partial charge in [0, 0.05) is 40.8 Å². The van der Waals surface area contributed by atoms with Crippen molar-refractivity contribution in [2.45, 2.75) is 35.1 Å². The van der Waals surface area contributed by atoms with Gasteiger partial charge in [-0.25, -0.2) is 13.4 Å². The van der Waals surface area contributed by atoms with Crippen molar-refractivity contribution in [2.75, 3.05) is 0 Å². The van der Waals surface area contributed by atoms with Crippen LogP contribution in [0.3, 0.4) is 0 Å². The summed E-state index contributed by atoms with van der Waals surface area (Å²) >= 11 is 5.94. The van der Waals surface area contributed by atoms with Crippen molar-refractivity contribution in [3.8, 4) is 0 Å². The highest BCUT2D eigenvalue weighted by atomic mass is 35.5. The molecule has 0 bridgehead atoms. The van der Waals surface area contributed by atoms with E-state index in [2.05, 4.69) is 0 Å². The molecule has 0 N–H and O–H groups in total. The van der Waals surface area contributed by atoms with Crippen LogP contribution < -0.4 is 0 Å². The van der Waals surface area contributed by atoms with Crippen LogP contribution in [0.1, 0.15) is 46.8 Å². The number of nitrogens with zero attached hydrogens (tertiary/aromatic N) is 4. The molecule has 1 heterocycles. The quantitative estimate of drug-likeness (QED) is 0.148. The van der Waals surface area contributed by atoms with Crippen LogP contribution in [-0.2, 0) is 9.84 Å². The number of halogens is 1. The molecule has 1 aliphatic heterocycles. The van der Waals surface area contributed by atoms with Crippen molar-refractivity contribution in [1.82, 2.24) is 5.01 Å². The number of hydrazone groups is 1. The number of fused-ring (bicyclic) bond motifs is 1. The lowest BCUT2D eigenvalue weighted by molar-refractivity contribution is -0.385. The molecule has 0 saturated heterocycles. The number of non-ortho nitro benzene ring substituents is 2. The maximum atomic E-state index is 14.2. The van der Waals surface area contributed by atoms with E-state index in [0.29, 0.717) is 29.1 Å². The molecule has 6 rings (SSSR count). The van der Waals surface area contributed by atoms with E-state index in [1.807, 2.05) is 6.08 Å². The van der Waals surface area contributed by atoms with Gasteiger partial charge < -0.3 is 0 Å². The molecule has 0 spiro atoms. The van der Waals surface area contributed by atoms with Gasteiger partial charge in [-0.15, -0.1) is 0 Å². The van der Waals surface area contributed by atoms with Gasteiger partial charge in [-0.05, 0) is 96.6 Å². The summed E-state index contributed by atoms with van der Waals surface area (Å²) in [6.07, 6.45) is 4.03. The largest absolute Gasteiger partial charge is 0.274 e. The van der Waals surface area contributed by atoms with Gasteiger partial charge in [-0.3, -0.25) is 25.0 Å². The number of amides is 1. The van der Waals surface area contributed by atoms with Crippen molar-refractivity contribution in [2.24, 2.45) is 11.0 Å². The lowest BCUT2D eigenvalue weighted by Gasteiger charge is -2.29. The average Bonchev–Trinajstić information content (AvgIpc) is 3.45. The zero-order valence-corrected chi connectivity index (χ0v) is 25.6. The molecule has 0 aromatic heterocycles. The first-order valence-electron chi connectivity index (χ1n) is 14.3. The van der Waals surface area contributed by atoms with Gasteiger partial charge in [0.05, 0.1) is 31.4 Å².